The molecule has 0 bridgehead atoms. The number of fused-ring (bicyclic) bond motifs is 1. The van der Waals surface area contributed by atoms with Crippen molar-refractivity contribution in [2.45, 2.75) is 25.3 Å². The van der Waals surface area contributed by atoms with Gasteiger partial charge in [-0.05, 0) is 46.8 Å². The maximum Gasteiger partial charge on any atom is 0.0728 e. The summed E-state index contributed by atoms with van der Waals surface area (Å²) in [5.74, 6) is 0. The molecule has 5 heteroatoms. The van der Waals surface area contributed by atoms with Crippen molar-refractivity contribution in [2.24, 2.45) is 0 Å². The number of nitrogens with zero attached hydrogens (tertiary/aromatic N) is 1. The Morgan fingerprint density at radius 3 is 3.31 bits per heavy atom. The van der Waals surface area contributed by atoms with Crippen LogP contribution in [0, 0.1) is 0 Å². The van der Waals surface area contributed by atoms with Crippen molar-refractivity contribution in [1.82, 2.24) is 10.2 Å². The molecule has 2 aromatic rings. The molecule has 0 amide bonds. The van der Waals surface area contributed by atoms with E-state index < -0.39 is 0 Å². The summed E-state index contributed by atoms with van der Waals surface area (Å²) < 4.78 is 1.23. The first kappa shape index (κ1) is 10.4. The summed E-state index contributed by atoms with van der Waals surface area (Å²) in [7, 11) is 0. The largest absolute Gasteiger partial charge is 0.376 e. The van der Waals surface area contributed by atoms with Crippen LogP contribution in [0.1, 0.15) is 29.3 Å². The number of hydrogen-bond donors (Lipinski definition) is 2. The Balaban J connectivity index is 1.87. The highest BCUT2D eigenvalue weighted by atomic mass is 79.9. The van der Waals surface area contributed by atoms with Crippen molar-refractivity contribution >= 4 is 33.0 Å². The van der Waals surface area contributed by atoms with Gasteiger partial charge in [0.05, 0.1) is 21.7 Å². The zero-order valence-electron chi connectivity index (χ0n) is 8.66. The lowest BCUT2D eigenvalue weighted by Crippen LogP contribution is -2.15. The van der Waals surface area contributed by atoms with E-state index in [1.54, 1.807) is 0 Å². The monoisotopic (exact) mass is 297 g/mol. The van der Waals surface area contributed by atoms with Gasteiger partial charge in [-0.1, -0.05) is 0 Å². The molecule has 0 spiro atoms. The predicted molar refractivity (Wildman–Crippen MR) is 69.9 cm³/mol. The molecule has 0 fully saturated rings. The van der Waals surface area contributed by atoms with Gasteiger partial charge >= 0.3 is 0 Å². The van der Waals surface area contributed by atoms with E-state index in [0.717, 1.165) is 5.69 Å². The van der Waals surface area contributed by atoms with Crippen LogP contribution in [0.2, 0.25) is 0 Å². The Bertz CT molecular complexity index is 477. The average Bonchev–Trinajstić information content (AvgIpc) is 2.86. The van der Waals surface area contributed by atoms with Gasteiger partial charge in [-0.3, -0.25) is 5.10 Å². The summed E-state index contributed by atoms with van der Waals surface area (Å²) in [4.78, 5) is 1.51. The molecular weight excluding hydrogens is 286 g/mol. The minimum absolute atomic E-state index is 0.434. The summed E-state index contributed by atoms with van der Waals surface area (Å²) in [6.07, 6.45) is 7.40. The molecule has 2 heterocycles. The van der Waals surface area contributed by atoms with Crippen LogP contribution in [0.5, 0.6) is 0 Å². The van der Waals surface area contributed by atoms with Gasteiger partial charge in [-0.2, -0.15) is 5.10 Å². The molecule has 1 unspecified atom stereocenters. The zero-order valence-corrected chi connectivity index (χ0v) is 11.1. The predicted octanol–water partition coefficient (Wildman–Crippen LogP) is 3.72. The third-order valence-electron chi connectivity index (χ3n) is 2.92. The Hall–Kier alpha value is -0.810. The van der Waals surface area contributed by atoms with Crippen molar-refractivity contribution in [3.63, 3.8) is 0 Å². The van der Waals surface area contributed by atoms with E-state index in [1.807, 2.05) is 23.7 Å². The highest BCUT2D eigenvalue weighted by Gasteiger charge is 2.22. The fourth-order valence-corrected chi connectivity index (χ4v) is 4.02. The number of aromatic nitrogens is 2. The lowest BCUT2D eigenvalue weighted by atomic mass is 9.94. The van der Waals surface area contributed by atoms with Gasteiger partial charge in [0, 0.05) is 11.1 Å². The molecule has 1 aliphatic rings. The number of aromatic amines is 1. The Morgan fingerprint density at radius 1 is 1.56 bits per heavy atom. The minimum Gasteiger partial charge on any atom is -0.376 e. The molecule has 1 atom stereocenters. The van der Waals surface area contributed by atoms with Gasteiger partial charge in [-0.25, -0.2) is 0 Å². The number of aryl methyl sites for hydroxylation is 1. The van der Waals surface area contributed by atoms with Crippen LogP contribution < -0.4 is 5.32 Å². The number of halogens is 1. The van der Waals surface area contributed by atoms with Gasteiger partial charge in [0.1, 0.15) is 0 Å². The number of thiophene rings is 1. The van der Waals surface area contributed by atoms with E-state index in [1.165, 1.54) is 33.5 Å². The molecule has 0 saturated heterocycles. The van der Waals surface area contributed by atoms with E-state index in [2.05, 4.69) is 37.5 Å². The van der Waals surface area contributed by atoms with Gasteiger partial charge < -0.3 is 5.32 Å². The molecule has 3 nitrogen and oxygen atoms in total. The van der Waals surface area contributed by atoms with Gasteiger partial charge in [0.15, 0.2) is 0 Å². The van der Waals surface area contributed by atoms with E-state index in [9.17, 15) is 0 Å². The Labute approximate surface area is 106 Å². The quantitative estimate of drug-likeness (QED) is 0.887. The molecule has 0 saturated carbocycles. The Morgan fingerprint density at radius 2 is 2.50 bits per heavy atom. The van der Waals surface area contributed by atoms with Crippen LogP contribution in [0.4, 0.5) is 5.69 Å². The first-order valence-electron chi connectivity index (χ1n) is 5.36. The maximum absolute atomic E-state index is 3.95. The number of hydrogen-bond acceptors (Lipinski definition) is 3. The first-order valence-corrected chi connectivity index (χ1v) is 6.97. The van der Waals surface area contributed by atoms with Crippen LogP contribution in [-0.4, -0.2) is 10.2 Å². The fourth-order valence-electron chi connectivity index (χ4n) is 2.20. The van der Waals surface area contributed by atoms with Crippen LogP contribution in [0.25, 0.3) is 0 Å². The summed E-state index contributed by atoms with van der Waals surface area (Å²) >= 11 is 5.43. The van der Waals surface area contributed by atoms with Crippen LogP contribution in [-0.2, 0) is 6.42 Å². The van der Waals surface area contributed by atoms with Crippen molar-refractivity contribution in [1.29, 1.82) is 0 Å². The highest BCUT2D eigenvalue weighted by Crippen LogP contribution is 2.39. The zero-order chi connectivity index (χ0) is 11.0. The summed E-state index contributed by atoms with van der Waals surface area (Å²) in [6.45, 7) is 0. The first-order chi connectivity index (χ1) is 7.83. The van der Waals surface area contributed by atoms with Crippen molar-refractivity contribution in [3.8, 4) is 0 Å². The number of H-pyrrole nitrogens is 1. The SMILES string of the molecule is Brc1cc2c(s1)CCCC2Nc1cn[nH]c1. The topological polar surface area (TPSA) is 40.7 Å². The summed E-state index contributed by atoms with van der Waals surface area (Å²) in [6, 6.07) is 2.68. The number of nitrogens with one attached hydrogen (secondary N) is 2. The third-order valence-corrected chi connectivity index (χ3v) is 4.64. The molecule has 0 radical (unpaired) electrons. The molecule has 2 N–H and O–H groups in total. The smallest absolute Gasteiger partial charge is 0.0728 e. The molecule has 0 aromatic carbocycles. The molecule has 84 valence electrons. The standard InChI is InChI=1S/C11H12BrN3S/c12-11-4-8-9(2-1-3-10(8)16-11)15-7-5-13-14-6-7/h4-6,9,15H,1-3H2,(H,13,14). The number of anilines is 1. The molecule has 0 aliphatic heterocycles. The molecule has 2 aromatic heterocycles. The van der Waals surface area contributed by atoms with E-state index in [0.29, 0.717) is 6.04 Å². The highest BCUT2D eigenvalue weighted by molar-refractivity contribution is 9.11. The molecule has 1 aliphatic carbocycles. The normalized spacial score (nSPS) is 19.4. The lowest BCUT2D eigenvalue weighted by molar-refractivity contribution is 0.609. The minimum atomic E-state index is 0.434. The van der Waals surface area contributed by atoms with Crippen LogP contribution in [0.15, 0.2) is 22.2 Å². The lowest BCUT2D eigenvalue weighted by Gasteiger charge is -2.23. The molecular formula is C11H12BrN3S. The van der Waals surface area contributed by atoms with Crippen molar-refractivity contribution < 1.29 is 0 Å². The van der Waals surface area contributed by atoms with Gasteiger partial charge in [0.2, 0.25) is 0 Å². The van der Waals surface area contributed by atoms with Crippen LogP contribution >= 0.6 is 27.3 Å². The van der Waals surface area contributed by atoms with E-state index >= 15 is 0 Å². The summed E-state index contributed by atoms with van der Waals surface area (Å²) in [5, 5.41) is 10.3. The number of rotatable bonds is 2. The second-order valence-corrected chi connectivity index (χ2v) is 6.52. The van der Waals surface area contributed by atoms with Gasteiger partial charge in [-0.15, -0.1) is 11.3 Å². The molecule has 16 heavy (non-hydrogen) atoms. The van der Waals surface area contributed by atoms with Gasteiger partial charge in [0.25, 0.3) is 0 Å². The Kier molecular flexibility index (Phi) is 2.73. The third kappa shape index (κ3) is 1.89. The summed E-state index contributed by atoms with van der Waals surface area (Å²) in [5.41, 5.74) is 2.52. The van der Waals surface area contributed by atoms with E-state index in [4.69, 9.17) is 0 Å². The fraction of sp³-hybridized carbons (Fsp3) is 0.364. The maximum atomic E-state index is 3.95. The second kappa shape index (κ2) is 4.22. The second-order valence-electron chi connectivity index (χ2n) is 4.01. The van der Waals surface area contributed by atoms with Crippen molar-refractivity contribution in [3.05, 3.63) is 32.7 Å². The van der Waals surface area contributed by atoms with Crippen molar-refractivity contribution in [2.75, 3.05) is 5.32 Å². The molecule has 3 rings (SSSR count). The van der Waals surface area contributed by atoms with E-state index in [-0.39, 0.29) is 0 Å². The average molecular weight is 298 g/mol. The van der Waals surface area contributed by atoms with Crippen LogP contribution in [0.3, 0.4) is 0 Å².